The summed E-state index contributed by atoms with van der Waals surface area (Å²) in [6.45, 7) is 0.855. The third-order valence-corrected chi connectivity index (χ3v) is 5.83. The fourth-order valence-electron chi connectivity index (χ4n) is 5.56. The first-order chi connectivity index (χ1) is 9.72. The number of hydrogen-bond acceptors (Lipinski definition) is 3. The SMILES string of the molecule is CNCc1cc(NC)n(C23CC4CC(CC(C4)C2)C3)n1. The van der Waals surface area contributed by atoms with Crippen molar-refractivity contribution in [3.63, 3.8) is 0 Å². The van der Waals surface area contributed by atoms with Crippen molar-refractivity contribution in [1.82, 2.24) is 15.1 Å². The molecule has 4 fully saturated rings. The third-order valence-electron chi connectivity index (χ3n) is 5.83. The molecule has 20 heavy (non-hydrogen) atoms. The molecule has 0 saturated heterocycles. The first-order valence-electron chi connectivity index (χ1n) is 8.14. The Labute approximate surface area is 121 Å². The lowest BCUT2D eigenvalue weighted by molar-refractivity contribution is -0.0483. The smallest absolute Gasteiger partial charge is 0.124 e. The van der Waals surface area contributed by atoms with Crippen LogP contribution in [-0.4, -0.2) is 23.9 Å². The molecule has 4 bridgehead atoms. The lowest BCUT2D eigenvalue weighted by Gasteiger charge is -2.56. The number of nitrogens with zero attached hydrogens (tertiary/aromatic N) is 2. The Balaban J connectivity index is 1.72. The van der Waals surface area contributed by atoms with Crippen LogP contribution in [-0.2, 0) is 12.1 Å². The third kappa shape index (κ3) is 1.80. The summed E-state index contributed by atoms with van der Waals surface area (Å²) < 4.78 is 2.37. The maximum Gasteiger partial charge on any atom is 0.124 e. The van der Waals surface area contributed by atoms with E-state index in [0.717, 1.165) is 30.0 Å². The van der Waals surface area contributed by atoms with Gasteiger partial charge in [-0.25, -0.2) is 4.68 Å². The molecular weight excluding hydrogens is 248 g/mol. The Morgan fingerprint density at radius 3 is 2.25 bits per heavy atom. The molecule has 0 amide bonds. The average molecular weight is 274 g/mol. The number of hydrogen-bond donors (Lipinski definition) is 2. The van der Waals surface area contributed by atoms with Crippen molar-refractivity contribution >= 4 is 5.82 Å². The predicted octanol–water partition coefficient (Wildman–Crippen LogP) is 2.57. The Bertz CT molecular complexity index is 469. The van der Waals surface area contributed by atoms with Crippen molar-refractivity contribution in [3.8, 4) is 0 Å². The van der Waals surface area contributed by atoms with E-state index in [1.807, 2.05) is 14.1 Å². The second-order valence-corrected chi connectivity index (χ2v) is 7.35. The average Bonchev–Trinajstić information content (AvgIpc) is 2.81. The van der Waals surface area contributed by atoms with E-state index in [2.05, 4.69) is 21.4 Å². The normalized spacial score (nSPS) is 38.4. The summed E-state index contributed by atoms with van der Waals surface area (Å²) >= 11 is 0. The molecule has 0 atom stereocenters. The zero-order valence-corrected chi connectivity index (χ0v) is 12.7. The van der Waals surface area contributed by atoms with Crippen LogP contribution in [0.3, 0.4) is 0 Å². The molecule has 4 heteroatoms. The minimum atomic E-state index is 0.319. The van der Waals surface area contributed by atoms with Crippen molar-refractivity contribution in [3.05, 3.63) is 11.8 Å². The fraction of sp³-hybridized carbons (Fsp3) is 0.812. The van der Waals surface area contributed by atoms with Crippen LogP contribution in [0.2, 0.25) is 0 Å². The molecule has 0 spiro atoms. The van der Waals surface area contributed by atoms with Gasteiger partial charge in [-0.1, -0.05) is 0 Å². The minimum absolute atomic E-state index is 0.319. The van der Waals surface area contributed by atoms with E-state index in [-0.39, 0.29) is 0 Å². The Kier molecular flexibility index (Phi) is 2.85. The first kappa shape index (κ1) is 12.7. The van der Waals surface area contributed by atoms with Gasteiger partial charge in [0.15, 0.2) is 0 Å². The van der Waals surface area contributed by atoms with Crippen molar-refractivity contribution in [1.29, 1.82) is 0 Å². The van der Waals surface area contributed by atoms with Gasteiger partial charge in [0.1, 0.15) is 5.82 Å². The molecule has 4 saturated carbocycles. The monoisotopic (exact) mass is 274 g/mol. The lowest BCUT2D eigenvalue weighted by Crippen LogP contribution is -2.52. The van der Waals surface area contributed by atoms with Gasteiger partial charge in [0.05, 0.1) is 11.2 Å². The van der Waals surface area contributed by atoms with Gasteiger partial charge in [-0.05, 0) is 63.3 Å². The van der Waals surface area contributed by atoms with E-state index in [0.29, 0.717) is 5.54 Å². The number of nitrogens with one attached hydrogen (secondary N) is 2. The summed E-state index contributed by atoms with van der Waals surface area (Å²) in [6, 6.07) is 2.22. The molecule has 0 aliphatic heterocycles. The summed E-state index contributed by atoms with van der Waals surface area (Å²) in [7, 11) is 4.01. The Morgan fingerprint density at radius 1 is 1.15 bits per heavy atom. The maximum absolute atomic E-state index is 4.95. The molecule has 1 aromatic rings. The Morgan fingerprint density at radius 2 is 1.75 bits per heavy atom. The van der Waals surface area contributed by atoms with Gasteiger partial charge in [0, 0.05) is 19.7 Å². The summed E-state index contributed by atoms with van der Waals surface area (Å²) in [5.74, 6) is 4.09. The summed E-state index contributed by atoms with van der Waals surface area (Å²) in [5, 5.41) is 11.5. The molecule has 110 valence electrons. The highest BCUT2D eigenvalue weighted by molar-refractivity contribution is 5.38. The van der Waals surface area contributed by atoms with Crippen molar-refractivity contribution in [2.24, 2.45) is 17.8 Å². The van der Waals surface area contributed by atoms with Gasteiger partial charge in [-0.2, -0.15) is 5.10 Å². The molecule has 0 radical (unpaired) electrons. The largest absolute Gasteiger partial charge is 0.373 e. The second kappa shape index (κ2) is 4.48. The van der Waals surface area contributed by atoms with Crippen LogP contribution in [0.15, 0.2) is 6.07 Å². The molecule has 4 aliphatic carbocycles. The van der Waals surface area contributed by atoms with E-state index >= 15 is 0 Å². The molecule has 4 aliphatic rings. The minimum Gasteiger partial charge on any atom is -0.373 e. The van der Waals surface area contributed by atoms with Crippen molar-refractivity contribution < 1.29 is 0 Å². The fourth-order valence-corrected chi connectivity index (χ4v) is 5.56. The topological polar surface area (TPSA) is 41.9 Å². The lowest BCUT2D eigenvalue weighted by atomic mass is 9.53. The maximum atomic E-state index is 4.95. The highest BCUT2D eigenvalue weighted by atomic mass is 15.4. The van der Waals surface area contributed by atoms with E-state index in [1.54, 1.807) is 0 Å². The van der Waals surface area contributed by atoms with Crippen LogP contribution < -0.4 is 10.6 Å². The van der Waals surface area contributed by atoms with Crippen LogP contribution in [0.5, 0.6) is 0 Å². The quantitative estimate of drug-likeness (QED) is 0.886. The summed E-state index contributed by atoms with van der Waals surface area (Å²) in [6.07, 6.45) is 8.52. The van der Waals surface area contributed by atoms with E-state index < -0.39 is 0 Å². The van der Waals surface area contributed by atoms with E-state index in [1.165, 1.54) is 44.3 Å². The first-order valence-corrected chi connectivity index (χ1v) is 8.14. The number of rotatable bonds is 4. The summed E-state index contributed by atoms with van der Waals surface area (Å²) in [5.41, 5.74) is 1.48. The summed E-state index contributed by atoms with van der Waals surface area (Å²) in [4.78, 5) is 0. The van der Waals surface area contributed by atoms with Crippen LogP contribution in [0.4, 0.5) is 5.82 Å². The van der Waals surface area contributed by atoms with Crippen LogP contribution in [0, 0.1) is 17.8 Å². The van der Waals surface area contributed by atoms with Gasteiger partial charge in [0.25, 0.3) is 0 Å². The number of aromatic nitrogens is 2. The molecule has 0 aromatic carbocycles. The van der Waals surface area contributed by atoms with E-state index in [9.17, 15) is 0 Å². The van der Waals surface area contributed by atoms with Crippen LogP contribution in [0.25, 0.3) is 0 Å². The molecule has 1 aromatic heterocycles. The van der Waals surface area contributed by atoms with Gasteiger partial charge in [-0.3, -0.25) is 0 Å². The standard InChI is InChI=1S/C16H26N4/c1-17-10-14-6-15(18-2)20(19-14)16-7-11-3-12(8-16)5-13(4-11)9-16/h6,11-13,17-18H,3-5,7-10H2,1-2H3. The molecule has 0 unspecified atom stereocenters. The highest BCUT2D eigenvalue weighted by Crippen LogP contribution is 2.59. The van der Waals surface area contributed by atoms with Gasteiger partial charge in [0.2, 0.25) is 0 Å². The van der Waals surface area contributed by atoms with Gasteiger partial charge >= 0.3 is 0 Å². The van der Waals surface area contributed by atoms with Crippen molar-refractivity contribution in [2.45, 2.75) is 50.6 Å². The van der Waals surface area contributed by atoms with Gasteiger partial charge < -0.3 is 10.6 Å². The molecule has 2 N–H and O–H groups in total. The highest BCUT2D eigenvalue weighted by Gasteiger charge is 2.53. The van der Waals surface area contributed by atoms with Crippen LogP contribution in [0.1, 0.15) is 44.2 Å². The van der Waals surface area contributed by atoms with Gasteiger partial charge in [-0.15, -0.1) is 0 Å². The molecular formula is C16H26N4. The predicted molar refractivity (Wildman–Crippen MR) is 80.7 cm³/mol. The zero-order valence-electron chi connectivity index (χ0n) is 12.7. The van der Waals surface area contributed by atoms with E-state index in [4.69, 9.17) is 5.10 Å². The zero-order chi connectivity index (χ0) is 13.7. The molecule has 1 heterocycles. The van der Waals surface area contributed by atoms with Crippen LogP contribution >= 0.6 is 0 Å². The molecule has 4 nitrogen and oxygen atoms in total. The Hall–Kier alpha value is -1.03. The number of anilines is 1. The second-order valence-electron chi connectivity index (χ2n) is 7.35. The molecule has 5 rings (SSSR count). The van der Waals surface area contributed by atoms with Crippen molar-refractivity contribution in [2.75, 3.05) is 19.4 Å².